The van der Waals surface area contributed by atoms with Crippen LogP contribution in [0.3, 0.4) is 0 Å². The van der Waals surface area contributed by atoms with Crippen molar-refractivity contribution < 1.29 is 9.59 Å². The minimum Gasteiger partial charge on any atom is -0.366 e. The number of halogens is 2. The summed E-state index contributed by atoms with van der Waals surface area (Å²) in [7, 11) is 0. The van der Waals surface area contributed by atoms with Gasteiger partial charge in [-0.05, 0) is 41.5 Å². The van der Waals surface area contributed by atoms with Crippen molar-refractivity contribution in [2.24, 2.45) is 5.73 Å². The van der Waals surface area contributed by atoms with E-state index in [2.05, 4.69) is 5.32 Å². The Hall–Kier alpha value is -2.30. The molecule has 6 heteroatoms. The number of nitrogens with one attached hydrogen (secondary N) is 1. The summed E-state index contributed by atoms with van der Waals surface area (Å²) in [4.78, 5) is 22.8. The van der Waals surface area contributed by atoms with Gasteiger partial charge in [0.25, 0.3) is 0 Å². The Balaban J connectivity index is 1.92. The second-order valence-electron chi connectivity index (χ2n) is 4.78. The van der Waals surface area contributed by atoms with Crippen LogP contribution in [0.5, 0.6) is 0 Å². The maximum atomic E-state index is 11.8. The number of carbonyl (C=O) groups is 2. The van der Waals surface area contributed by atoms with Gasteiger partial charge in [-0.2, -0.15) is 0 Å². The van der Waals surface area contributed by atoms with Crippen LogP contribution >= 0.6 is 23.2 Å². The Bertz CT molecular complexity index is 756. The standard InChI is InChI=1S/C17H14Cl2N2O2/c18-14-7-5-12(15(19)9-14)6-8-16(22)21-10-11-1-3-13(4-2-11)17(20)23/h1-9H,10H2,(H2,20,23)(H,21,22)/b8-6+. The molecule has 0 bridgehead atoms. The molecule has 0 radical (unpaired) electrons. The van der Waals surface area contributed by atoms with E-state index in [9.17, 15) is 9.59 Å². The van der Waals surface area contributed by atoms with E-state index in [4.69, 9.17) is 28.9 Å². The van der Waals surface area contributed by atoms with E-state index in [0.29, 0.717) is 27.7 Å². The van der Waals surface area contributed by atoms with Crippen molar-refractivity contribution in [1.82, 2.24) is 5.32 Å². The van der Waals surface area contributed by atoms with Crippen LogP contribution < -0.4 is 11.1 Å². The Morgan fingerprint density at radius 1 is 1.09 bits per heavy atom. The summed E-state index contributed by atoms with van der Waals surface area (Å²) in [5, 5.41) is 3.75. The summed E-state index contributed by atoms with van der Waals surface area (Å²) in [6.45, 7) is 0.344. The number of carbonyl (C=O) groups excluding carboxylic acids is 2. The number of primary amides is 1. The lowest BCUT2D eigenvalue weighted by molar-refractivity contribution is -0.116. The molecular formula is C17H14Cl2N2O2. The average Bonchev–Trinajstić information content (AvgIpc) is 2.52. The summed E-state index contributed by atoms with van der Waals surface area (Å²) in [6.07, 6.45) is 3.01. The highest BCUT2D eigenvalue weighted by atomic mass is 35.5. The maximum Gasteiger partial charge on any atom is 0.248 e. The van der Waals surface area contributed by atoms with Gasteiger partial charge in [-0.3, -0.25) is 9.59 Å². The van der Waals surface area contributed by atoms with Crippen molar-refractivity contribution >= 4 is 41.1 Å². The molecule has 0 unspecified atom stereocenters. The highest BCUT2D eigenvalue weighted by Crippen LogP contribution is 2.21. The van der Waals surface area contributed by atoms with Gasteiger partial charge >= 0.3 is 0 Å². The van der Waals surface area contributed by atoms with Crippen molar-refractivity contribution in [3.63, 3.8) is 0 Å². The molecule has 0 atom stereocenters. The lowest BCUT2D eigenvalue weighted by Crippen LogP contribution is -2.20. The predicted octanol–water partition coefficient (Wildman–Crippen LogP) is 3.42. The third-order valence-corrected chi connectivity index (χ3v) is 3.64. The normalized spacial score (nSPS) is 10.7. The fourth-order valence-corrected chi connectivity index (χ4v) is 2.31. The fraction of sp³-hybridized carbons (Fsp3) is 0.0588. The van der Waals surface area contributed by atoms with Gasteiger partial charge in [0.15, 0.2) is 0 Å². The van der Waals surface area contributed by atoms with Crippen molar-refractivity contribution in [3.05, 3.63) is 75.3 Å². The Morgan fingerprint density at radius 3 is 2.39 bits per heavy atom. The van der Waals surface area contributed by atoms with Crippen LogP contribution in [-0.4, -0.2) is 11.8 Å². The fourth-order valence-electron chi connectivity index (χ4n) is 1.84. The van der Waals surface area contributed by atoms with Gasteiger partial charge in [0, 0.05) is 28.2 Å². The molecule has 3 N–H and O–H groups in total. The molecule has 0 saturated carbocycles. The first kappa shape index (κ1) is 17.1. The summed E-state index contributed by atoms with van der Waals surface area (Å²) in [6, 6.07) is 11.8. The van der Waals surface area contributed by atoms with Gasteiger partial charge in [-0.15, -0.1) is 0 Å². The molecule has 0 fully saturated rings. The smallest absolute Gasteiger partial charge is 0.248 e. The van der Waals surface area contributed by atoms with Crippen LogP contribution in [0.15, 0.2) is 48.5 Å². The van der Waals surface area contributed by atoms with Crippen LogP contribution in [-0.2, 0) is 11.3 Å². The number of rotatable bonds is 5. The molecule has 2 rings (SSSR count). The van der Waals surface area contributed by atoms with Gasteiger partial charge in [0.2, 0.25) is 11.8 Å². The van der Waals surface area contributed by atoms with Crippen LogP contribution in [0.1, 0.15) is 21.5 Å². The number of amides is 2. The number of hydrogen-bond donors (Lipinski definition) is 2. The molecule has 0 saturated heterocycles. The van der Waals surface area contributed by atoms with Crippen LogP contribution in [0.4, 0.5) is 0 Å². The predicted molar refractivity (Wildman–Crippen MR) is 92.3 cm³/mol. The lowest BCUT2D eigenvalue weighted by Gasteiger charge is -2.04. The van der Waals surface area contributed by atoms with Crippen LogP contribution in [0.2, 0.25) is 10.0 Å². The summed E-state index contributed by atoms with van der Waals surface area (Å²) >= 11 is 11.8. The molecule has 0 aromatic heterocycles. The van der Waals surface area contributed by atoms with Crippen molar-refractivity contribution in [2.45, 2.75) is 6.54 Å². The molecule has 2 aromatic rings. The summed E-state index contributed by atoms with van der Waals surface area (Å²) in [5.74, 6) is -0.738. The first-order valence-electron chi connectivity index (χ1n) is 6.75. The zero-order chi connectivity index (χ0) is 16.8. The largest absolute Gasteiger partial charge is 0.366 e. The Morgan fingerprint density at radius 2 is 1.78 bits per heavy atom. The maximum absolute atomic E-state index is 11.8. The number of nitrogens with two attached hydrogens (primary N) is 1. The molecule has 118 valence electrons. The van der Waals surface area contributed by atoms with E-state index in [1.54, 1.807) is 48.5 Å². The quantitative estimate of drug-likeness (QED) is 0.812. The van der Waals surface area contributed by atoms with Crippen molar-refractivity contribution in [2.75, 3.05) is 0 Å². The number of benzene rings is 2. The van der Waals surface area contributed by atoms with Gasteiger partial charge in [-0.1, -0.05) is 41.4 Å². The molecular weight excluding hydrogens is 335 g/mol. The highest BCUT2D eigenvalue weighted by molar-refractivity contribution is 6.35. The second-order valence-corrected chi connectivity index (χ2v) is 5.62. The minimum atomic E-state index is -0.483. The molecule has 23 heavy (non-hydrogen) atoms. The van der Waals surface area contributed by atoms with Gasteiger partial charge in [0.05, 0.1) is 0 Å². The van der Waals surface area contributed by atoms with E-state index in [-0.39, 0.29) is 5.91 Å². The Kier molecular flexibility index (Phi) is 5.79. The average molecular weight is 349 g/mol. The SMILES string of the molecule is NC(=O)c1ccc(CNC(=O)/C=C/c2ccc(Cl)cc2Cl)cc1. The molecule has 0 aliphatic rings. The summed E-state index contributed by atoms with van der Waals surface area (Å²) in [5.41, 5.74) is 7.16. The second kappa shape index (κ2) is 7.81. The van der Waals surface area contributed by atoms with Crippen LogP contribution in [0.25, 0.3) is 6.08 Å². The van der Waals surface area contributed by atoms with Gasteiger partial charge in [0.1, 0.15) is 0 Å². The Labute approximate surface area is 143 Å². The third-order valence-electron chi connectivity index (χ3n) is 3.08. The van der Waals surface area contributed by atoms with E-state index in [0.717, 1.165) is 5.56 Å². The highest BCUT2D eigenvalue weighted by Gasteiger charge is 2.02. The van der Waals surface area contributed by atoms with Gasteiger partial charge in [-0.25, -0.2) is 0 Å². The van der Waals surface area contributed by atoms with Crippen molar-refractivity contribution in [3.8, 4) is 0 Å². The van der Waals surface area contributed by atoms with E-state index in [1.807, 2.05) is 0 Å². The summed E-state index contributed by atoms with van der Waals surface area (Å²) < 4.78 is 0. The minimum absolute atomic E-state index is 0.255. The van der Waals surface area contributed by atoms with E-state index >= 15 is 0 Å². The molecule has 0 aliphatic carbocycles. The van der Waals surface area contributed by atoms with E-state index in [1.165, 1.54) is 6.08 Å². The third kappa shape index (κ3) is 5.13. The van der Waals surface area contributed by atoms with Crippen molar-refractivity contribution in [1.29, 1.82) is 0 Å². The van der Waals surface area contributed by atoms with Gasteiger partial charge < -0.3 is 11.1 Å². The molecule has 0 aliphatic heterocycles. The zero-order valence-electron chi connectivity index (χ0n) is 12.1. The number of hydrogen-bond acceptors (Lipinski definition) is 2. The van der Waals surface area contributed by atoms with Crippen LogP contribution in [0, 0.1) is 0 Å². The molecule has 0 spiro atoms. The molecule has 2 aromatic carbocycles. The molecule has 2 amide bonds. The molecule has 0 heterocycles. The zero-order valence-corrected chi connectivity index (χ0v) is 13.6. The topological polar surface area (TPSA) is 72.2 Å². The lowest BCUT2D eigenvalue weighted by atomic mass is 10.1. The first-order chi connectivity index (χ1) is 11.0. The monoisotopic (exact) mass is 348 g/mol. The first-order valence-corrected chi connectivity index (χ1v) is 7.51. The molecule has 4 nitrogen and oxygen atoms in total. The van der Waals surface area contributed by atoms with E-state index < -0.39 is 5.91 Å².